The van der Waals surface area contributed by atoms with Gasteiger partial charge in [0.1, 0.15) is 5.78 Å². The summed E-state index contributed by atoms with van der Waals surface area (Å²) in [6, 6.07) is 10.1. The third-order valence-corrected chi connectivity index (χ3v) is 4.13. The number of aryl methyl sites for hydroxylation is 1. The minimum absolute atomic E-state index is 0.00878. The number of fused-ring (bicyclic) bond motifs is 1. The van der Waals surface area contributed by atoms with Gasteiger partial charge in [-0.1, -0.05) is 18.2 Å². The van der Waals surface area contributed by atoms with Crippen LogP contribution in [0.1, 0.15) is 22.3 Å². The zero-order chi connectivity index (χ0) is 17.3. The summed E-state index contributed by atoms with van der Waals surface area (Å²) in [5.74, 6) is -0.0588. The van der Waals surface area contributed by atoms with Gasteiger partial charge in [-0.05, 0) is 35.2 Å². The molecule has 0 aliphatic carbocycles. The molecule has 1 aliphatic heterocycles. The van der Waals surface area contributed by atoms with E-state index in [0.29, 0.717) is 12.0 Å². The summed E-state index contributed by atoms with van der Waals surface area (Å²) in [5.41, 5.74) is 4.07. The Bertz CT molecular complexity index is 858. The van der Waals surface area contributed by atoms with E-state index in [1.807, 2.05) is 25.1 Å². The number of Topliss-reactive ketones (excluding diaryl/α,β-unsaturated/α-hetero) is 1. The van der Waals surface area contributed by atoms with Crippen LogP contribution < -0.4 is 5.32 Å². The molecular weight excluding hydrogens is 308 g/mol. The van der Waals surface area contributed by atoms with Crippen molar-refractivity contribution in [3.8, 4) is 0 Å². The Morgan fingerprint density at radius 2 is 2.00 bits per heavy atom. The third kappa shape index (κ3) is 3.32. The van der Waals surface area contributed by atoms with Crippen LogP contribution in [0.15, 0.2) is 36.4 Å². The van der Waals surface area contributed by atoms with E-state index in [4.69, 9.17) is 0 Å². The number of nitro groups is 1. The van der Waals surface area contributed by atoms with Crippen LogP contribution in [0.3, 0.4) is 0 Å². The Morgan fingerprint density at radius 1 is 1.21 bits per heavy atom. The van der Waals surface area contributed by atoms with Crippen molar-refractivity contribution in [3.63, 3.8) is 0 Å². The molecule has 2 aromatic carbocycles. The number of hydrogen-bond acceptors (Lipinski definition) is 4. The second kappa shape index (κ2) is 6.23. The third-order valence-electron chi connectivity index (χ3n) is 4.13. The Morgan fingerprint density at radius 3 is 2.75 bits per heavy atom. The first-order valence-corrected chi connectivity index (χ1v) is 7.59. The van der Waals surface area contributed by atoms with Gasteiger partial charge in [0.2, 0.25) is 5.91 Å². The highest BCUT2D eigenvalue weighted by Gasteiger charge is 2.18. The van der Waals surface area contributed by atoms with Crippen LogP contribution >= 0.6 is 0 Å². The lowest BCUT2D eigenvalue weighted by Crippen LogP contribution is -2.08. The average Bonchev–Trinajstić information content (AvgIpc) is 2.88. The standard InChI is InChI=1S/C18H16N2O4/c1-11-2-4-15(20(23)24)8-13(11)9-16(21)7-12-3-5-17-14(6-12)10-18(22)19-17/h2-6,8H,7,9-10H2,1H3,(H,19,22). The first-order valence-electron chi connectivity index (χ1n) is 7.59. The summed E-state index contributed by atoms with van der Waals surface area (Å²) < 4.78 is 0. The van der Waals surface area contributed by atoms with Crippen molar-refractivity contribution < 1.29 is 14.5 Å². The summed E-state index contributed by atoms with van der Waals surface area (Å²) in [4.78, 5) is 34.1. The van der Waals surface area contributed by atoms with Crippen molar-refractivity contribution in [2.24, 2.45) is 0 Å². The van der Waals surface area contributed by atoms with Gasteiger partial charge in [-0.3, -0.25) is 19.7 Å². The molecule has 0 radical (unpaired) electrons. The number of carbonyl (C=O) groups is 2. The molecule has 24 heavy (non-hydrogen) atoms. The average molecular weight is 324 g/mol. The van der Waals surface area contributed by atoms with Gasteiger partial charge in [0.05, 0.1) is 11.3 Å². The highest BCUT2D eigenvalue weighted by molar-refractivity contribution is 5.99. The van der Waals surface area contributed by atoms with Crippen LogP contribution in [0.25, 0.3) is 0 Å². The molecule has 0 spiro atoms. The number of nitrogens with one attached hydrogen (secondary N) is 1. The summed E-state index contributed by atoms with van der Waals surface area (Å²) in [5, 5.41) is 13.6. The monoisotopic (exact) mass is 324 g/mol. The van der Waals surface area contributed by atoms with Gasteiger partial charge >= 0.3 is 0 Å². The molecule has 0 unspecified atom stereocenters. The van der Waals surface area contributed by atoms with E-state index in [-0.39, 0.29) is 30.2 Å². The molecule has 3 rings (SSSR count). The molecule has 6 heteroatoms. The lowest BCUT2D eigenvalue weighted by Gasteiger charge is -2.07. The second-order valence-corrected chi connectivity index (χ2v) is 5.98. The zero-order valence-electron chi connectivity index (χ0n) is 13.2. The summed E-state index contributed by atoms with van der Waals surface area (Å²) >= 11 is 0. The molecule has 0 aromatic heterocycles. The number of amides is 1. The Balaban J connectivity index is 1.73. The first kappa shape index (κ1) is 15.9. The van der Waals surface area contributed by atoms with E-state index in [1.165, 1.54) is 12.1 Å². The van der Waals surface area contributed by atoms with Gasteiger partial charge in [0.25, 0.3) is 5.69 Å². The van der Waals surface area contributed by atoms with Crippen LogP contribution in [0, 0.1) is 17.0 Å². The minimum Gasteiger partial charge on any atom is -0.326 e. The van der Waals surface area contributed by atoms with Crippen molar-refractivity contribution in [1.29, 1.82) is 0 Å². The van der Waals surface area contributed by atoms with E-state index < -0.39 is 4.92 Å². The topological polar surface area (TPSA) is 89.3 Å². The van der Waals surface area contributed by atoms with E-state index in [1.54, 1.807) is 6.07 Å². The van der Waals surface area contributed by atoms with Gasteiger partial charge in [0, 0.05) is 30.7 Å². The van der Waals surface area contributed by atoms with Crippen LogP contribution in [-0.2, 0) is 28.9 Å². The van der Waals surface area contributed by atoms with E-state index in [9.17, 15) is 19.7 Å². The fraction of sp³-hybridized carbons (Fsp3) is 0.222. The molecular formula is C18H16N2O4. The maximum absolute atomic E-state index is 12.3. The van der Waals surface area contributed by atoms with Gasteiger partial charge < -0.3 is 5.32 Å². The largest absolute Gasteiger partial charge is 0.326 e. The molecule has 0 saturated heterocycles. The van der Waals surface area contributed by atoms with Gasteiger partial charge in [-0.2, -0.15) is 0 Å². The van der Waals surface area contributed by atoms with Crippen molar-refractivity contribution in [1.82, 2.24) is 0 Å². The number of anilines is 1. The van der Waals surface area contributed by atoms with Crippen molar-refractivity contribution in [2.75, 3.05) is 5.32 Å². The fourth-order valence-corrected chi connectivity index (χ4v) is 2.86. The summed E-state index contributed by atoms with van der Waals surface area (Å²) in [7, 11) is 0. The lowest BCUT2D eigenvalue weighted by atomic mass is 9.98. The molecule has 6 nitrogen and oxygen atoms in total. The van der Waals surface area contributed by atoms with E-state index in [2.05, 4.69) is 5.32 Å². The smallest absolute Gasteiger partial charge is 0.269 e. The van der Waals surface area contributed by atoms with Crippen LogP contribution in [0.2, 0.25) is 0 Å². The van der Waals surface area contributed by atoms with Crippen molar-refractivity contribution in [3.05, 3.63) is 68.8 Å². The minimum atomic E-state index is -0.460. The Labute approximate surface area is 138 Å². The number of nitro benzene ring substituents is 1. The maximum Gasteiger partial charge on any atom is 0.269 e. The molecule has 1 aliphatic rings. The maximum atomic E-state index is 12.3. The Kier molecular flexibility index (Phi) is 4.12. The van der Waals surface area contributed by atoms with Crippen LogP contribution in [-0.4, -0.2) is 16.6 Å². The van der Waals surface area contributed by atoms with Gasteiger partial charge in [-0.25, -0.2) is 0 Å². The quantitative estimate of drug-likeness (QED) is 0.676. The van der Waals surface area contributed by atoms with E-state index >= 15 is 0 Å². The summed E-state index contributed by atoms with van der Waals surface area (Å²) in [6.07, 6.45) is 0.729. The summed E-state index contributed by atoms with van der Waals surface area (Å²) in [6.45, 7) is 1.83. The number of nitrogens with zero attached hydrogens (tertiary/aromatic N) is 1. The zero-order valence-corrected chi connectivity index (χ0v) is 13.2. The van der Waals surface area contributed by atoms with E-state index in [0.717, 1.165) is 22.4 Å². The van der Waals surface area contributed by atoms with Gasteiger partial charge in [0.15, 0.2) is 0 Å². The van der Waals surface area contributed by atoms with Crippen molar-refractivity contribution in [2.45, 2.75) is 26.2 Å². The lowest BCUT2D eigenvalue weighted by molar-refractivity contribution is -0.384. The predicted octanol–water partition coefficient (Wildman–Crippen LogP) is 2.75. The molecule has 1 heterocycles. The SMILES string of the molecule is Cc1ccc([N+](=O)[O-])cc1CC(=O)Cc1ccc2c(c1)CC(=O)N2. The van der Waals surface area contributed by atoms with Crippen LogP contribution in [0.4, 0.5) is 11.4 Å². The number of benzene rings is 2. The van der Waals surface area contributed by atoms with Crippen LogP contribution in [0.5, 0.6) is 0 Å². The van der Waals surface area contributed by atoms with Crippen molar-refractivity contribution >= 4 is 23.1 Å². The first-order chi connectivity index (χ1) is 11.4. The fourth-order valence-electron chi connectivity index (χ4n) is 2.86. The molecule has 0 fully saturated rings. The second-order valence-electron chi connectivity index (χ2n) is 5.98. The highest BCUT2D eigenvalue weighted by Crippen LogP contribution is 2.24. The molecule has 1 N–H and O–H groups in total. The number of hydrogen-bond donors (Lipinski definition) is 1. The number of carbonyl (C=O) groups excluding carboxylic acids is 2. The molecule has 122 valence electrons. The molecule has 0 saturated carbocycles. The highest BCUT2D eigenvalue weighted by atomic mass is 16.6. The predicted molar refractivity (Wildman–Crippen MR) is 89.0 cm³/mol. The molecule has 2 aromatic rings. The molecule has 0 bridgehead atoms. The number of rotatable bonds is 5. The number of non-ortho nitro benzene ring substituents is 1. The molecule has 0 atom stereocenters. The normalized spacial score (nSPS) is 12.6. The molecule has 1 amide bonds. The van der Waals surface area contributed by atoms with Gasteiger partial charge in [-0.15, -0.1) is 0 Å². The number of ketones is 1. The Hall–Kier alpha value is -3.02.